The van der Waals surface area contributed by atoms with Gasteiger partial charge in [-0.1, -0.05) is 17.7 Å². The Kier molecular flexibility index (Phi) is 2.88. The maximum absolute atomic E-state index is 12.6. The van der Waals surface area contributed by atoms with Gasteiger partial charge >= 0.3 is 6.03 Å². The molecule has 0 radical (unpaired) electrons. The Morgan fingerprint density at radius 1 is 1.38 bits per heavy atom. The van der Waals surface area contributed by atoms with Crippen molar-refractivity contribution in [3.8, 4) is 0 Å². The van der Waals surface area contributed by atoms with E-state index in [9.17, 15) is 14.7 Å². The number of hydrogen-bond donors (Lipinski definition) is 1. The summed E-state index contributed by atoms with van der Waals surface area (Å²) in [6, 6.07) is 5.27. The van der Waals surface area contributed by atoms with Gasteiger partial charge in [0, 0.05) is 19.0 Å². The van der Waals surface area contributed by atoms with Crippen molar-refractivity contribution in [3.63, 3.8) is 0 Å². The molecule has 1 spiro atoms. The molecule has 1 N–H and O–H groups in total. The van der Waals surface area contributed by atoms with Crippen LogP contribution in [0, 0.1) is 12.3 Å². The molecule has 110 valence electrons. The van der Waals surface area contributed by atoms with Gasteiger partial charge in [-0.05, 0) is 18.9 Å². The molecule has 1 aromatic rings. The van der Waals surface area contributed by atoms with E-state index in [0.717, 1.165) is 26.6 Å². The van der Waals surface area contributed by atoms with Crippen LogP contribution in [0.3, 0.4) is 0 Å². The first-order valence-corrected chi connectivity index (χ1v) is 6.86. The van der Waals surface area contributed by atoms with Crippen molar-refractivity contribution in [2.45, 2.75) is 13.3 Å². The number of carbonyl (C=O) groups is 2. The van der Waals surface area contributed by atoms with Gasteiger partial charge in [0.15, 0.2) is 0 Å². The summed E-state index contributed by atoms with van der Waals surface area (Å²) >= 11 is 0. The highest BCUT2D eigenvalue weighted by molar-refractivity contribution is 6.16. The van der Waals surface area contributed by atoms with Crippen molar-refractivity contribution in [2.75, 3.05) is 20.6 Å². The van der Waals surface area contributed by atoms with Crippen LogP contribution < -0.4 is 10.0 Å². The SMILES string of the molecule is Cc1ccc2c(c1)CC1(C[NH+]2C)C(=O)N(C)C(=O)N=C1[O-]. The Morgan fingerprint density at radius 3 is 2.81 bits per heavy atom. The van der Waals surface area contributed by atoms with E-state index in [1.54, 1.807) is 0 Å². The van der Waals surface area contributed by atoms with Gasteiger partial charge in [-0.3, -0.25) is 9.69 Å². The first-order valence-electron chi connectivity index (χ1n) is 6.86. The molecule has 0 saturated heterocycles. The third-order valence-electron chi connectivity index (χ3n) is 4.39. The number of nitrogens with one attached hydrogen (secondary N) is 1. The number of carbonyl (C=O) groups excluding carboxylic acids is 2. The maximum Gasteiger partial charge on any atom is 0.349 e. The van der Waals surface area contributed by atoms with Gasteiger partial charge in [0.1, 0.15) is 17.6 Å². The zero-order valence-corrected chi connectivity index (χ0v) is 12.3. The monoisotopic (exact) mass is 287 g/mol. The number of rotatable bonds is 0. The van der Waals surface area contributed by atoms with Gasteiger partial charge in [0.05, 0.1) is 7.05 Å². The summed E-state index contributed by atoms with van der Waals surface area (Å²) in [5.41, 5.74) is 1.90. The van der Waals surface area contributed by atoms with E-state index < -0.39 is 23.3 Å². The lowest BCUT2D eigenvalue weighted by molar-refractivity contribution is -0.818. The minimum atomic E-state index is -1.24. The first kappa shape index (κ1) is 13.8. The summed E-state index contributed by atoms with van der Waals surface area (Å²) in [5.74, 6) is -1.05. The summed E-state index contributed by atoms with van der Waals surface area (Å²) in [6.07, 6.45) is 0.306. The van der Waals surface area contributed by atoms with Gasteiger partial charge in [-0.25, -0.2) is 9.79 Å². The van der Waals surface area contributed by atoms with Gasteiger partial charge < -0.3 is 10.0 Å². The summed E-state index contributed by atoms with van der Waals surface area (Å²) in [5, 5.41) is 12.3. The number of aryl methyl sites for hydroxylation is 1. The summed E-state index contributed by atoms with van der Waals surface area (Å²) < 4.78 is 0. The molecule has 21 heavy (non-hydrogen) atoms. The quantitative estimate of drug-likeness (QED) is 0.667. The number of nitrogens with zero attached hydrogens (tertiary/aromatic N) is 2. The van der Waals surface area contributed by atoms with E-state index in [-0.39, 0.29) is 0 Å². The van der Waals surface area contributed by atoms with Crippen LogP contribution in [-0.4, -0.2) is 43.4 Å². The normalized spacial score (nSPS) is 28.6. The molecule has 3 amide bonds. The van der Waals surface area contributed by atoms with Crippen molar-refractivity contribution < 1.29 is 19.6 Å². The molecule has 6 nitrogen and oxygen atoms in total. The Balaban J connectivity index is 2.14. The average molecular weight is 287 g/mol. The lowest BCUT2D eigenvalue weighted by Crippen LogP contribution is -3.08. The van der Waals surface area contributed by atoms with Crippen LogP contribution in [0.1, 0.15) is 11.1 Å². The van der Waals surface area contributed by atoms with Crippen molar-refractivity contribution in [2.24, 2.45) is 10.4 Å². The van der Waals surface area contributed by atoms with Crippen molar-refractivity contribution >= 4 is 23.5 Å². The second kappa shape index (κ2) is 4.39. The fourth-order valence-corrected chi connectivity index (χ4v) is 3.29. The number of urea groups is 1. The molecule has 0 bridgehead atoms. The average Bonchev–Trinajstić information content (AvgIpc) is 2.43. The predicted molar refractivity (Wildman–Crippen MR) is 74.3 cm³/mol. The minimum Gasteiger partial charge on any atom is -0.861 e. The second-order valence-electron chi connectivity index (χ2n) is 5.94. The standard InChI is InChI=1S/C15H17N3O3/c1-9-4-5-11-10(6-9)7-15(8-17(11)2)12(19)16-14(21)18(3)13(15)20/h4-6H,7-8H2,1-3H3,(H,16,19,21). The fraction of sp³-hybridized carbons (Fsp3) is 0.400. The van der Waals surface area contributed by atoms with Crippen LogP contribution in [0.4, 0.5) is 10.5 Å². The number of aliphatic imine (C=N–C) groups is 1. The molecule has 0 aliphatic carbocycles. The molecule has 2 aliphatic heterocycles. The first-order chi connectivity index (χ1) is 9.85. The van der Waals surface area contributed by atoms with Gasteiger partial charge in [-0.15, -0.1) is 0 Å². The molecule has 3 rings (SSSR count). The van der Waals surface area contributed by atoms with E-state index >= 15 is 0 Å². The van der Waals surface area contributed by atoms with Crippen LogP contribution in [0.5, 0.6) is 0 Å². The van der Waals surface area contributed by atoms with E-state index in [2.05, 4.69) is 4.99 Å². The lowest BCUT2D eigenvalue weighted by atomic mass is 9.75. The van der Waals surface area contributed by atoms with E-state index in [1.807, 2.05) is 32.2 Å². The van der Waals surface area contributed by atoms with E-state index in [1.165, 1.54) is 7.05 Å². The zero-order chi connectivity index (χ0) is 15.4. The summed E-state index contributed by atoms with van der Waals surface area (Å²) in [6.45, 7) is 2.29. The van der Waals surface area contributed by atoms with Crippen LogP contribution in [0.2, 0.25) is 0 Å². The Morgan fingerprint density at radius 2 is 2.10 bits per heavy atom. The Bertz CT molecular complexity index is 683. The highest BCUT2D eigenvalue weighted by Crippen LogP contribution is 2.33. The largest absolute Gasteiger partial charge is 0.861 e. The van der Waals surface area contributed by atoms with Crippen LogP contribution >= 0.6 is 0 Å². The highest BCUT2D eigenvalue weighted by atomic mass is 16.3. The summed E-state index contributed by atoms with van der Waals surface area (Å²) in [4.78, 5) is 29.6. The minimum absolute atomic E-state index is 0.306. The molecular weight excluding hydrogens is 270 g/mol. The second-order valence-corrected chi connectivity index (χ2v) is 5.94. The van der Waals surface area contributed by atoms with Gasteiger partial charge in [-0.2, -0.15) is 0 Å². The fourth-order valence-electron chi connectivity index (χ4n) is 3.29. The Labute approximate surface area is 122 Å². The topological polar surface area (TPSA) is 77.2 Å². The predicted octanol–water partition coefficient (Wildman–Crippen LogP) is -0.965. The molecule has 6 heteroatoms. The lowest BCUT2D eigenvalue weighted by Gasteiger charge is -2.44. The molecular formula is C15H17N3O3. The Hall–Kier alpha value is -2.21. The maximum atomic E-state index is 12.6. The zero-order valence-electron chi connectivity index (χ0n) is 12.3. The van der Waals surface area contributed by atoms with Crippen molar-refractivity contribution in [1.29, 1.82) is 0 Å². The summed E-state index contributed by atoms with van der Waals surface area (Å²) in [7, 11) is 3.30. The van der Waals surface area contributed by atoms with E-state index in [0.29, 0.717) is 13.0 Å². The number of benzene rings is 1. The third kappa shape index (κ3) is 1.86. The molecule has 2 atom stereocenters. The van der Waals surface area contributed by atoms with Gasteiger partial charge in [0.2, 0.25) is 5.91 Å². The molecule has 2 unspecified atom stereocenters. The van der Waals surface area contributed by atoms with Crippen molar-refractivity contribution in [1.82, 2.24) is 4.90 Å². The van der Waals surface area contributed by atoms with Gasteiger partial charge in [0.25, 0.3) is 0 Å². The van der Waals surface area contributed by atoms with E-state index in [4.69, 9.17) is 0 Å². The number of fused-ring (bicyclic) bond motifs is 1. The molecule has 1 aromatic carbocycles. The molecule has 2 aliphatic rings. The van der Waals surface area contributed by atoms with Crippen LogP contribution in [-0.2, 0) is 11.2 Å². The van der Waals surface area contributed by atoms with Crippen LogP contribution in [0.15, 0.2) is 23.2 Å². The highest BCUT2D eigenvalue weighted by Gasteiger charge is 2.51. The molecule has 0 saturated carbocycles. The number of imide groups is 1. The smallest absolute Gasteiger partial charge is 0.349 e. The number of amides is 3. The molecule has 2 heterocycles. The van der Waals surface area contributed by atoms with Crippen molar-refractivity contribution in [3.05, 3.63) is 29.3 Å². The molecule has 0 aromatic heterocycles. The molecule has 0 fully saturated rings. The number of hydrogen-bond acceptors (Lipinski definition) is 3. The number of quaternary nitrogens is 1. The third-order valence-corrected chi connectivity index (χ3v) is 4.39. The van der Waals surface area contributed by atoms with Crippen LogP contribution in [0.25, 0.3) is 0 Å².